The highest BCUT2D eigenvalue weighted by Gasteiger charge is 2.59. The van der Waals surface area contributed by atoms with Crippen molar-refractivity contribution >= 4 is 5.78 Å². The monoisotopic (exact) mass is 356 g/mol. The van der Waals surface area contributed by atoms with E-state index in [1.54, 1.807) is 0 Å². The molecule has 2 heteroatoms. The quantitative estimate of drug-likeness (QED) is 0.626. The Kier molecular flexibility index (Phi) is 4.40. The number of carbonyl (C=O) groups excluding carboxylic acids is 1. The number of carbonyl (C=O) groups is 1. The van der Waals surface area contributed by atoms with E-state index in [1.807, 2.05) is 6.92 Å². The van der Waals surface area contributed by atoms with E-state index < -0.39 is 0 Å². The third kappa shape index (κ3) is 2.47. The minimum Gasteiger partial charge on any atom is -0.498 e. The summed E-state index contributed by atoms with van der Waals surface area (Å²) in [5.74, 6) is 4.71. The van der Waals surface area contributed by atoms with Crippen LogP contribution in [0.25, 0.3) is 0 Å². The Bertz CT molecular complexity index is 659. The maximum Gasteiger partial charge on any atom is 0.133 e. The fraction of sp³-hybridized carbons (Fsp3) is 0.792. The van der Waals surface area contributed by atoms with E-state index in [0.29, 0.717) is 23.0 Å². The smallest absolute Gasteiger partial charge is 0.133 e. The highest BCUT2D eigenvalue weighted by Crippen LogP contribution is 2.66. The summed E-state index contributed by atoms with van der Waals surface area (Å²) < 4.78 is 5.93. The number of Topliss-reactive ketones (excluding diaryl/α,β-unsaturated/α-hetero) is 1. The Balaban J connectivity index is 1.67. The fourth-order valence-corrected chi connectivity index (χ4v) is 7.66. The Morgan fingerprint density at radius 3 is 2.69 bits per heavy atom. The molecule has 144 valence electrons. The number of ketones is 1. The maximum atomic E-state index is 12.3. The molecule has 2 nitrogen and oxygen atoms in total. The Hall–Kier alpha value is -1.05. The first kappa shape index (κ1) is 18.3. The van der Waals surface area contributed by atoms with E-state index in [4.69, 9.17) is 4.74 Å². The zero-order valence-electron chi connectivity index (χ0n) is 17.3. The van der Waals surface area contributed by atoms with Crippen molar-refractivity contribution in [1.29, 1.82) is 0 Å². The predicted octanol–water partition coefficient (Wildman–Crippen LogP) is 5.93. The molecule has 0 N–H and O–H groups in total. The number of rotatable bonds is 3. The second-order valence-electron chi connectivity index (χ2n) is 10.1. The van der Waals surface area contributed by atoms with Crippen molar-refractivity contribution in [3.8, 4) is 0 Å². The normalized spacial score (nSPS) is 47.2. The number of allylic oxidation sites excluding steroid dienone is 4. The number of hydrogen-bond acceptors (Lipinski definition) is 2. The van der Waals surface area contributed by atoms with Crippen LogP contribution in [0, 0.1) is 40.4 Å². The highest BCUT2D eigenvalue weighted by molar-refractivity contribution is 5.79. The molecule has 0 amide bonds. The third-order valence-electron chi connectivity index (χ3n) is 8.84. The first-order valence-electron chi connectivity index (χ1n) is 10.9. The van der Waals surface area contributed by atoms with Crippen molar-refractivity contribution in [2.45, 2.75) is 73.1 Å². The van der Waals surface area contributed by atoms with Crippen LogP contribution < -0.4 is 0 Å². The molecule has 0 spiro atoms. The number of hydrogen-bond donors (Lipinski definition) is 0. The van der Waals surface area contributed by atoms with Gasteiger partial charge in [0.15, 0.2) is 0 Å². The zero-order valence-corrected chi connectivity index (χ0v) is 17.3. The van der Waals surface area contributed by atoms with E-state index in [0.717, 1.165) is 30.8 Å². The molecule has 0 heterocycles. The van der Waals surface area contributed by atoms with Gasteiger partial charge in [-0.15, -0.1) is 0 Å². The van der Waals surface area contributed by atoms with Crippen LogP contribution in [0.2, 0.25) is 0 Å². The van der Waals surface area contributed by atoms with Crippen LogP contribution in [0.15, 0.2) is 23.5 Å². The van der Waals surface area contributed by atoms with Gasteiger partial charge in [-0.25, -0.2) is 0 Å². The SMILES string of the molecule is CCOC1=CC2=CC[C@H]3[C@@H]4CC[C@H](C(C)=O)[C@@]4(C)CC[C@@H]3[C@@]2(C)CC1C. The van der Waals surface area contributed by atoms with Crippen molar-refractivity contribution in [3.05, 3.63) is 23.5 Å². The van der Waals surface area contributed by atoms with Crippen molar-refractivity contribution in [2.24, 2.45) is 40.4 Å². The molecule has 2 fully saturated rings. The van der Waals surface area contributed by atoms with Gasteiger partial charge < -0.3 is 4.74 Å². The van der Waals surface area contributed by atoms with Crippen LogP contribution in [-0.2, 0) is 9.53 Å². The summed E-state index contributed by atoms with van der Waals surface area (Å²) in [6.45, 7) is 12.0. The van der Waals surface area contributed by atoms with Gasteiger partial charge in [0.2, 0.25) is 0 Å². The van der Waals surface area contributed by atoms with Crippen molar-refractivity contribution in [3.63, 3.8) is 0 Å². The average Bonchev–Trinajstić information content (AvgIpc) is 2.93. The molecule has 1 unspecified atom stereocenters. The minimum absolute atomic E-state index is 0.251. The summed E-state index contributed by atoms with van der Waals surface area (Å²) >= 11 is 0. The molecule has 0 aromatic carbocycles. The topological polar surface area (TPSA) is 26.3 Å². The summed E-state index contributed by atoms with van der Waals surface area (Å²) in [6.07, 6.45) is 12.2. The van der Waals surface area contributed by atoms with Gasteiger partial charge in [0, 0.05) is 11.8 Å². The third-order valence-corrected chi connectivity index (χ3v) is 8.84. The van der Waals surface area contributed by atoms with Gasteiger partial charge in [-0.2, -0.15) is 0 Å². The van der Waals surface area contributed by atoms with E-state index in [9.17, 15) is 4.79 Å². The summed E-state index contributed by atoms with van der Waals surface area (Å²) in [5.41, 5.74) is 2.07. The molecule has 2 saturated carbocycles. The Labute approximate surface area is 159 Å². The summed E-state index contributed by atoms with van der Waals surface area (Å²) in [4.78, 5) is 12.3. The van der Waals surface area contributed by atoms with Crippen molar-refractivity contribution in [2.75, 3.05) is 6.61 Å². The van der Waals surface area contributed by atoms with Crippen LogP contribution in [0.5, 0.6) is 0 Å². The Morgan fingerprint density at radius 1 is 1.23 bits per heavy atom. The Morgan fingerprint density at radius 2 is 2.00 bits per heavy atom. The van der Waals surface area contributed by atoms with Crippen LogP contribution in [0.4, 0.5) is 0 Å². The van der Waals surface area contributed by atoms with Crippen molar-refractivity contribution in [1.82, 2.24) is 0 Å². The van der Waals surface area contributed by atoms with Gasteiger partial charge in [0.1, 0.15) is 5.78 Å². The lowest BCUT2D eigenvalue weighted by Crippen LogP contribution is -2.50. The fourth-order valence-electron chi connectivity index (χ4n) is 7.66. The van der Waals surface area contributed by atoms with Crippen LogP contribution >= 0.6 is 0 Å². The molecule has 0 aliphatic heterocycles. The largest absolute Gasteiger partial charge is 0.498 e. The van der Waals surface area contributed by atoms with Gasteiger partial charge in [-0.1, -0.05) is 26.8 Å². The molecule has 26 heavy (non-hydrogen) atoms. The molecular weight excluding hydrogens is 320 g/mol. The molecule has 0 aromatic rings. The lowest BCUT2D eigenvalue weighted by Gasteiger charge is -2.57. The first-order chi connectivity index (χ1) is 12.3. The number of ether oxygens (including phenoxy) is 1. The van der Waals surface area contributed by atoms with E-state index in [-0.39, 0.29) is 5.41 Å². The summed E-state index contributed by atoms with van der Waals surface area (Å²) in [7, 11) is 0. The first-order valence-corrected chi connectivity index (χ1v) is 10.9. The standard InChI is InChI=1S/C24H36O2/c1-6-26-22-13-17-7-8-18-20-10-9-19(16(3)25)23(20,4)12-11-21(18)24(17,5)14-15(22)2/h7,13,15,18-21H,6,8-12,14H2,1-5H3/t15?,18-,19+,20-,21-,23+,24-/m0/s1. The number of fused-ring (bicyclic) bond motifs is 5. The predicted molar refractivity (Wildman–Crippen MR) is 106 cm³/mol. The molecule has 7 atom stereocenters. The van der Waals surface area contributed by atoms with Gasteiger partial charge in [-0.3, -0.25) is 4.79 Å². The summed E-state index contributed by atoms with van der Waals surface area (Å²) in [5, 5.41) is 0. The van der Waals surface area contributed by atoms with Crippen molar-refractivity contribution < 1.29 is 9.53 Å². The van der Waals surface area contributed by atoms with Gasteiger partial charge >= 0.3 is 0 Å². The van der Waals surface area contributed by atoms with Gasteiger partial charge in [-0.05, 0) is 92.6 Å². The molecule has 0 bridgehead atoms. The molecule has 0 radical (unpaired) electrons. The zero-order chi connectivity index (χ0) is 18.7. The van der Waals surface area contributed by atoms with E-state index in [1.165, 1.54) is 43.4 Å². The molecule has 4 aliphatic carbocycles. The lowest BCUT2D eigenvalue weighted by molar-refractivity contribution is -0.127. The van der Waals surface area contributed by atoms with E-state index >= 15 is 0 Å². The van der Waals surface area contributed by atoms with Crippen LogP contribution in [0.1, 0.15) is 73.1 Å². The van der Waals surface area contributed by atoms with E-state index in [2.05, 4.69) is 39.8 Å². The maximum absolute atomic E-state index is 12.3. The average molecular weight is 357 g/mol. The second kappa shape index (κ2) is 6.24. The second-order valence-corrected chi connectivity index (χ2v) is 10.1. The summed E-state index contributed by atoms with van der Waals surface area (Å²) in [6, 6.07) is 0. The lowest BCUT2D eigenvalue weighted by atomic mass is 9.47. The molecular formula is C24H36O2. The van der Waals surface area contributed by atoms with Gasteiger partial charge in [0.25, 0.3) is 0 Å². The molecule has 0 aromatic heterocycles. The molecule has 4 aliphatic rings. The van der Waals surface area contributed by atoms with Crippen LogP contribution in [-0.4, -0.2) is 12.4 Å². The van der Waals surface area contributed by atoms with Gasteiger partial charge in [0.05, 0.1) is 12.4 Å². The molecule has 0 saturated heterocycles. The highest BCUT2D eigenvalue weighted by atomic mass is 16.5. The van der Waals surface area contributed by atoms with Crippen LogP contribution in [0.3, 0.4) is 0 Å². The molecule has 4 rings (SSSR count). The minimum atomic E-state index is 0.251.